The maximum absolute atomic E-state index is 13.8. The first-order chi connectivity index (χ1) is 12.8. The van der Waals surface area contributed by atoms with Crippen LogP contribution in [-0.4, -0.2) is 49.3 Å². The third-order valence-electron chi connectivity index (χ3n) is 6.82. The van der Waals surface area contributed by atoms with E-state index in [0.29, 0.717) is 39.0 Å². The fraction of sp³-hybridized carbons (Fsp3) is 0.944. The Morgan fingerprint density at radius 1 is 1.00 bits per heavy atom. The largest absolute Gasteiger partial charge is 0.461 e. The Morgan fingerprint density at radius 2 is 1.50 bits per heavy atom. The average molecular weight is 416 g/mol. The summed E-state index contributed by atoms with van der Waals surface area (Å²) in [5.41, 5.74) is -0.577. The summed E-state index contributed by atoms with van der Waals surface area (Å²) in [7, 11) is 0. The number of halogens is 6. The minimum Gasteiger partial charge on any atom is -0.461 e. The molecule has 28 heavy (non-hydrogen) atoms. The Hall–Kier alpha value is -1.03. The predicted octanol–water partition coefficient (Wildman–Crippen LogP) is 4.02. The zero-order valence-electron chi connectivity index (χ0n) is 15.3. The van der Waals surface area contributed by atoms with Crippen molar-refractivity contribution in [3.05, 3.63) is 0 Å². The minimum absolute atomic E-state index is 0.167. The van der Waals surface area contributed by atoms with E-state index in [1.54, 1.807) is 0 Å². The molecule has 1 spiro atoms. The van der Waals surface area contributed by atoms with Crippen LogP contribution in [0.25, 0.3) is 0 Å². The molecule has 1 heterocycles. The van der Waals surface area contributed by atoms with Crippen LogP contribution in [0.2, 0.25) is 0 Å². The molecule has 0 aromatic carbocycles. The summed E-state index contributed by atoms with van der Waals surface area (Å²) in [6, 6.07) is 0. The van der Waals surface area contributed by atoms with Crippen molar-refractivity contribution in [3.63, 3.8) is 0 Å². The molecule has 4 bridgehead atoms. The van der Waals surface area contributed by atoms with Crippen molar-refractivity contribution in [3.8, 4) is 0 Å². The van der Waals surface area contributed by atoms with Gasteiger partial charge in [-0.3, -0.25) is 0 Å². The van der Waals surface area contributed by atoms with Gasteiger partial charge in [0.15, 0.2) is 5.79 Å². The van der Waals surface area contributed by atoms with Gasteiger partial charge in [0.1, 0.15) is 13.2 Å². The van der Waals surface area contributed by atoms with Crippen molar-refractivity contribution in [2.75, 3.05) is 19.8 Å². The van der Waals surface area contributed by atoms with E-state index < -0.39 is 60.0 Å². The lowest BCUT2D eigenvalue weighted by molar-refractivity contribution is -0.350. The third-order valence-corrected chi connectivity index (χ3v) is 6.82. The van der Waals surface area contributed by atoms with Crippen molar-refractivity contribution in [2.24, 2.45) is 23.2 Å². The van der Waals surface area contributed by atoms with Gasteiger partial charge in [-0.1, -0.05) is 0 Å². The molecule has 0 N–H and O–H groups in total. The van der Waals surface area contributed by atoms with Crippen LogP contribution >= 0.6 is 0 Å². The van der Waals surface area contributed by atoms with Crippen molar-refractivity contribution >= 4 is 5.97 Å². The standard InChI is InChI=1S/C18H22F6O4/c1-14(19,20)13(25)26-7-15-4-10-2-11(5-15)18(12(3-10)6-15)27-8-16(21,22)17(23,24)9-28-18/h10-12H,2-9H2,1H3. The van der Waals surface area contributed by atoms with Gasteiger partial charge in [-0.05, 0) is 38.0 Å². The Bertz CT molecular complexity index is 625. The molecule has 5 fully saturated rings. The van der Waals surface area contributed by atoms with Gasteiger partial charge in [0.2, 0.25) is 0 Å². The molecule has 0 radical (unpaired) electrons. The van der Waals surface area contributed by atoms with E-state index in [4.69, 9.17) is 14.2 Å². The molecule has 160 valence electrons. The van der Waals surface area contributed by atoms with Gasteiger partial charge in [-0.2, -0.15) is 26.3 Å². The Balaban J connectivity index is 1.53. The summed E-state index contributed by atoms with van der Waals surface area (Å²) >= 11 is 0. The molecule has 5 rings (SSSR count). The number of carbonyl (C=O) groups excluding carboxylic acids is 1. The lowest BCUT2D eigenvalue weighted by Crippen LogP contribution is -2.64. The number of rotatable bonds is 3. The highest BCUT2D eigenvalue weighted by Gasteiger charge is 2.69. The van der Waals surface area contributed by atoms with Crippen LogP contribution in [0.15, 0.2) is 0 Å². The Labute approximate surface area is 157 Å². The Kier molecular flexibility index (Phi) is 4.34. The van der Waals surface area contributed by atoms with Crippen LogP contribution in [0.4, 0.5) is 26.3 Å². The molecule has 4 saturated carbocycles. The summed E-state index contributed by atoms with van der Waals surface area (Å²) < 4.78 is 96.8. The van der Waals surface area contributed by atoms with E-state index in [0.717, 1.165) is 0 Å². The quantitative estimate of drug-likeness (QED) is 0.515. The number of esters is 1. The molecule has 2 atom stereocenters. The molecule has 4 nitrogen and oxygen atoms in total. The zero-order chi connectivity index (χ0) is 20.6. The SMILES string of the molecule is CC(F)(F)C(=O)OCC12CC3CC(C1)C1(OCC(F)(F)C(F)(F)CO1)C(C3)C2. The summed E-state index contributed by atoms with van der Waals surface area (Å²) in [6.07, 6.45) is 2.45. The summed E-state index contributed by atoms with van der Waals surface area (Å²) in [6.45, 7) is -2.61. The van der Waals surface area contributed by atoms with Crippen molar-refractivity contribution in [1.82, 2.24) is 0 Å². The Morgan fingerprint density at radius 3 is 1.96 bits per heavy atom. The van der Waals surface area contributed by atoms with Crippen molar-refractivity contribution in [1.29, 1.82) is 0 Å². The first kappa shape index (κ1) is 20.3. The van der Waals surface area contributed by atoms with E-state index in [9.17, 15) is 31.1 Å². The van der Waals surface area contributed by atoms with E-state index in [2.05, 4.69) is 0 Å². The molecule has 2 unspecified atom stereocenters. The second-order valence-corrected chi connectivity index (χ2v) is 9.02. The van der Waals surface area contributed by atoms with E-state index in [-0.39, 0.29) is 12.5 Å². The molecular formula is C18H22F6O4. The number of hydrogen-bond donors (Lipinski definition) is 0. The van der Waals surface area contributed by atoms with E-state index in [1.165, 1.54) is 0 Å². The number of hydrogen-bond acceptors (Lipinski definition) is 4. The maximum atomic E-state index is 13.8. The first-order valence-corrected chi connectivity index (χ1v) is 9.37. The second-order valence-electron chi connectivity index (χ2n) is 9.02. The van der Waals surface area contributed by atoms with E-state index >= 15 is 0 Å². The van der Waals surface area contributed by atoms with Gasteiger partial charge in [0.05, 0.1) is 6.61 Å². The highest BCUT2D eigenvalue weighted by Crippen LogP contribution is 2.66. The summed E-state index contributed by atoms with van der Waals surface area (Å²) in [5, 5.41) is 0. The van der Waals surface area contributed by atoms with Gasteiger partial charge < -0.3 is 14.2 Å². The van der Waals surface area contributed by atoms with Crippen LogP contribution < -0.4 is 0 Å². The molecule has 0 aromatic heterocycles. The highest BCUT2D eigenvalue weighted by molar-refractivity contribution is 5.76. The van der Waals surface area contributed by atoms with Gasteiger partial charge >= 0.3 is 23.7 Å². The fourth-order valence-corrected chi connectivity index (χ4v) is 5.74. The number of carbonyl (C=O) groups is 1. The van der Waals surface area contributed by atoms with Gasteiger partial charge in [-0.15, -0.1) is 0 Å². The van der Waals surface area contributed by atoms with Crippen molar-refractivity contribution in [2.45, 2.75) is 62.6 Å². The van der Waals surface area contributed by atoms with Gasteiger partial charge in [-0.25, -0.2) is 4.79 Å². The maximum Gasteiger partial charge on any atom is 0.376 e. The van der Waals surface area contributed by atoms with Crippen LogP contribution in [0.5, 0.6) is 0 Å². The third kappa shape index (κ3) is 3.02. The normalized spacial score (nSPS) is 40.3. The molecule has 10 heteroatoms. The smallest absolute Gasteiger partial charge is 0.376 e. The predicted molar refractivity (Wildman–Crippen MR) is 82.1 cm³/mol. The minimum atomic E-state index is -4.33. The molecule has 5 aliphatic rings. The molecule has 1 aliphatic heterocycles. The lowest BCUT2D eigenvalue weighted by Gasteiger charge is -2.63. The average Bonchev–Trinajstić information content (AvgIpc) is 2.66. The molecular weight excluding hydrogens is 394 g/mol. The topological polar surface area (TPSA) is 44.8 Å². The molecule has 4 aliphatic carbocycles. The van der Waals surface area contributed by atoms with Crippen LogP contribution in [0.3, 0.4) is 0 Å². The molecule has 0 aromatic rings. The summed E-state index contributed by atoms with van der Waals surface area (Å²) in [4.78, 5) is 11.5. The van der Waals surface area contributed by atoms with Gasteiger partial charge in [0.25, 0.3) is 0 Å². The molecule has 0 amide bonds. The van der Waals surface area contributed by atoms with Gasteiger partial charge in [0, 0.05) is 24.2 Å². The van der Waals surface area contributed by atoms with Crippen LogP contribution in [-0.2, 0) is 19.0 Å². The summed E-state index contributed by atoms with van der Waals surface area (Å²) in [5.74, 6) is -16.1. The fourth-order valence-electron chi connectivity index (χ4n) is 5.74. The zero-order valence-corrected chi connectivity index (χ0v) is 15.3. The van der Waals surface area contributed by atoms with Crippen LogP contribution in [0, 0.1) is 23.2 Å². The number of ether oxygens (including phenoxy) is 3. The van der Waals surface area contributed by atoms with Crippen molar-refractivity contribution < 1.29 is 45.3 Å². The van der Waals surface area contributed by atoms with Crippen LogP contribution in [0.1, 0.15) is 39.0 Å². The lowest BCUT2D eigenvalue weighted by atomic mass is 9.47. The monoisotopic (exact) mass is 416 g/mol. The second kappa shape index (κ2) is 6.00. The number of alkyl halides is 6. The highest BCUT2D eigenvalue weighted by atomic mass is 19.3. The molecule has 1 saturated heterocycles. The van der Waals surface area contributed by atoms with E-state index in [1.807, 2.05) is 0 Å². The first-order valence-electron chi connectivity index (χ1n) is 9.37.